The second-order valence-electron chi connectivity index (χ2n) is 1.79. The first kappa shape index (κ1) is 8.27. The summed E-state index contributed by atoms with van der Waals surface area (Å²) in [5.74, 6) is 1.05. The van der Waals surface area contributed by atoms with Gasteiger partial charge in [0, 0.05) is 12.3 Å². The molecule has 0 aliphatic rings. The van der Waals surface area contributed by atoms with Crippen LogP contribution in [0.1, 0.15) is 0 Å². The maximum Gasteiger partial charge on any atom is 0.0503 e. The lowest BCUT2D eigenvalue weighted by Gasteiger charge is -2.06. The first-order chi connectivity index (χ1) is 3.77. The number of hydrogen-bond donors (Lipinski definition) is 0. The molecule has 0 unspecified atom stereocenters. The molecule has 0 radical (unpaired) electrons. The Morgan fingerprint density at radius 2 is 2.12 bits per heavy atom. The van der Waals surface area contributed by atoms with Crippen LogP contribution in [0.3, 0.4) is 0 Å². The van der Waals surface area contributed by atoms with E-state index in [1.807, 2.05) is 0 Å². The van der Waals surface area contributed by atoms with Crippen LogP contribution in [0, 0.1) is 0 Å². The molecule has 0 rings (SSSR count). The molecule has 0 atom stereocenters. The van der Waals surface area contributed by atoms with Gasteiger partial charge in [-0.3, -0.25) is 0 Å². The van der Waals surface area contributed by atoms with E-state index in [0.717, 1.165) is 12.3 Å². The Morgan fingerprint density at radius 3 is 2.50 bits per heavy atom. The summed E-state index contributed by atoms with van der Waals surface area (Å²) < 4.78 is 4.78. The number of nitrogens with zero attached hydrogens (tertiary/aromatic N) is 1. The molecule has 8 heavy (non-hydrogen) atoms. The van der Waals surface area contributed by atoms with Gasteiger partial charge in [0.15, 0.2) is 0 Å². The third kappa shape index (κ3) is 6.27. The van der Waals surface area contributed by atoms with Crippen LogP contribution in [-0.2, 0) is 4.18 Å². The van der Waals surface area contributed by atoms with Crippen LogP contribution in [0.4, 0.5) is 0 Å². The lowest BCUT2D eigenvalue weighted by molar-refractivity contribution is 0.429. The highest BCUT2D eigenvalue weighted by Crippen LogP contribution is 1.97. The van der Waals surface area contributed by atoms with Crippen molar-refractivity contribution in [2.45, 2.75) is 0 Å². The summed E-state index contributed by atoms with van der Waals surface area (Å²) in [4.78, 5) is 2.13. The molecule has 0 spiro atoms. The van der Waals surface area contributed by atoms with Crippen LogP contribution in [0.2, 0.25) is 0 Å². The molecular formula is C5H13NOS. The molecule has 0 aromatic heterocycles. The zero-order valence-electron chi connectivity index (χ0n) is 5.68. The second kappa shape index (κ2) is 5.41. The summed E-state index contributed by atoms with van der Waals surface area (Å²) in [6, 6.07) is 0. The van der Waals surface area contributed by atoms with E-state index in [9.17, 15) is 0 Å². The molecule has 0 N–H and O–H groups in total. The zero-order valence-corrected chi connectivity index (χ0v) is 6.49. The van der Waals surface area contributed by atoms with Gasteiger partial charge in [-0.2, -0.15) is 0 Å². The summed E-state index contributed by atoms with van der Waals surface area (Å²) in [7, 11) is 5.80. The molecule has 0 bridgehead atoms. The second-order valence-corrected chi connectivity index (χ2v) is 2.77. The van der Waals surface area contributed by atoms with Gasteiger partial charge < -0.3 is 9.08 Å². The Bertz CT molecular complexity index is 49.7. The monoisotopic (exact) mass is 135 g/mol. The minimum atomic E-state index is 1.05. The lowest BCUT2D eigenvalue weighted by Crippen LogP contribution is -2.14. The molecule has 0 aromatic carbocycles. The van der Waals surface area contributed by atoms with Gasteiger partial charge in [0.25, 0.3) is 0 Å². The van der Waals surface area contributed by atoms with Gasteiger partial charge in [0.2, 0.25) is 0 Å². The van der Waals surface area contributed by atoms with E-state index in [4.69, 9.17) is 4.18 Å². The van der Waals surface area contributed by atoms with Gasteiger partial charge in [-0.05, 0) is 26.1 Å². The molecule has 0 saturated heterocycles. The Hall–Kier alpha value is 0.270. The fraction of sp³-hybridized carbons (Fsp3) is 1.00. The summed E-state index contributed by atoms with van der Waals surface area (Å²) in [5, 5.41) is 0. The summed E-state index contributed by atoms with van der Waals surface area (Å²) in [6.45, 7) is 1.08. The molecule has 2 nitrogen and oxygen atoms in total. The largest absolute Gasteiger partial charge is 0.319 e. The first-order valence-corrected chi connectivity index (χ1v) is 3.48. The van der Waals surface area contributed by atoms with Crippen molar-refractivity contribution >= 4 is 12.0 Å². The van der Waals surface area contributed by atoms with Crippen molar-refractivity contribution in [3.63, 3.8) is 0 Å². The van der Waals surface area contributed by atoms with E-state index in [1.54, 1.807) is 7.11 Å². The van der Waals surface area contributed by atoms with E-state index >= 15 is 0 Å². The highest BCUT2D eigenvalue weighted by atomic mass is 32.2. The van der Waals surface area contributed by atoms with E-state index < -0.39 is 0 Å². The lowest BCUT2D eigenvalue weighted by atomic mass is 10.7. The first-order valence-electron chi connectivity index (χ1n) is 2.57. The van der Waals surface area contributed by atoms with E-state index in [0.29, 0.717) is 0 Å². The average Bonchev–Trinajstić information content (AvgIpc) is 1.66. The van der Waals surface area contributed by atoms with Crippen molar-refractivity contribution in [2.75, 3.05) is 33.5 Å². The minimum Gasteiger partial charge on any atom is -0.319 e. The molecule has 0 aliphatic heterocycles. The molecule has 0 aliphatic carbocycles. The van der Waals surface area contributed by atoms with Crippen LogP contribution in [0.25, 0.3) is 0 Å². The maximum atomic E-state index is 4.78. The van der Waals surface area contributed by atoms with Crippen LogP contribution in [0.15, 0.2) is 0 Å². The van der Waals surface area contributed by atoms with Crippen molar-refractivity contribution < 1.29 is 4.18 Å². The fourth-order valence-electron chi connectivity index (χ4n) is 0.303. The molecule has 0 fully saturated rings. The Morgan fingerprint density at radius 1 is 1.50 bits per heavy atom. The highest BCUT2D eigenvalue weighted by Gasteiger charge is 1.87. The maximum absolute atomic E-state index is 4.78. The molecule has 50 valence electrons. The van der Waals surface area contributed by atoms with Crippen molar-refractivity contribution in [1.29, 1.82) is 0 Å². The van der Waals surface area contributed by atoms with Gasteiger partial charge in [-0.1, -0.05) is 0 Å². The van der Waals surface area contributed by atoms with Gasteiger partial charge in [0.1, 0.15) is 0 Å². The average molecular weight is 135 g/mol. The normalized spacial score (nSPS) is 10.5. The third-order valence-electron chi connectivity index (χ3n) is 0.740. The van der Waals surface area contributed by atoms with Crippen LogP contribution in [0.5, 0.6) is 0 Å². The van der Waals surface area contributed by atoms with Gasteiger partial charge in [-0.15, -0.1) is 0 Å². The minimum absolute atomic E-state index is 1.05. The zero-order chi connectivity index (χ0) is 6.41. The highest BCUT2D eigenvalue weighted by molar-refractivity contribution is 7.94. The molecule has 0 saturated carbocycles. The topological polar surface area (TPSA) is 12.5 Å². The third-order valence-corrected chi connectivity index (χ3v) is 1.32. The molecular weight excluding hydrogens is 122 g/mol. The fourth-order valence-corrected chi connectivity index (χ4v) is 0.910. The van der Waals surface area contributed by atoms with E-state index in [-0.39, 0.29) is 0 Å². The van der Waals surface area contributed by atoms with Crippen molar-refractivity contribution in [3.8, 4) is 0 Å². The standard InChI is InChI=1S/C5H13NOS/c1-6(2)4-5-8-7-3/h4-5H2,1-3H3. The molecule has 3 heteroatoms. The predicted molar refractivity (Wildman–Crippen MR) is 38.0 cm³/mol. The summed E-state index contributed by atoms with van der Waals surface area (Å²) in [6.07, 6.45) is 0. The van der Waals surface area contributed by atoms with E-state index in [1.165, 1.54) is 12.0 Å². The smallest absolute Gasteiger partial charge is 0.0503 e. The Labute approximate surface area is 55.4 Å². The van der Waals surface area contributed by atoms with Crippen molar-refractivity contribution in [2.24, 2.45) is 0 Å². The molecule has 0 heterocycles. The molecule has 0 amide bonds. The van der Waals surface area contributed by atoms with Gasteiger partial charge >= 0.3 is 0 Å². The van der Waals surface area contributed by atoms with Crippen molar-refractivity contribution in [1.82, 2.24) is 4.90 Å². The SMILES string of the molecule is COSCCN(C)C. The van der Waals surface area contributed by atoms with E-state index in [2.05, 4.69) is 19.0 Å². The van der Waals surface area contributed by atoms with Gasteiger partial charge in [0.05, 0.1) is 7.11 Å². The number of rotatable bonds is 4. The number of hydrogen-bond acceptors (Lipinski definition) is 3. The van der Waals surface area contributed by atoms with Crippen LogP contribution < -0.4 is 0 Å². The summed E-state index contributed by atoms with van der Waals surface area (Å²) >= 11 is 1.49. The predicted octanol–water partition coefficient (Wildman–Crippen LogP) is 0.843. The molecule has 0 aromatic rings. The van der Waals surface area contributed by atoms with Crippen LogP contribution >= 0.6 is 12.0 Å². The van der Waals surface area contributed by atoms with Crippen molar-refractivity contribution in [3.05, 3.63) is 0 Å². The quantitative estimate of drug-likeness (QED) is 0.419. The summed E-state index contributed by atoms with van der Waals surface area (Å²) in [5.41, 5.74) is 0. The van der Waals surface area contributed by atoms with Crippen LogP contribution in [-0.4, -0.2) is 38.4 Å². The Balaban J connectivity index is 2.72. The van der Waals surface area contributed by atoms with Gasteiger partial charge in [-0.25, -0.2) is 0 Å². The Kier molecular flexibility index (Phi) is 5.59.